The summed E-state index contributed by atoms with van der Waals surface area (Å²) in [5, 5.41) is 8.98. The number of rotatable bonds is 11. The van der Waals surface area contributed by atoms with Crippen LogP contribution < -0.4 is 5.48 Å². The second-order valence-corrected chi connectivity index (χ2v) is 5.74. The van der Waals surface area contributed by atoms with Gasteiger partial charge in [0.05, 0.1) is 6.33 Å². The molecule has 2 aromatic rings. The van der Waals surface area contributed by atoms with Crippen molar-refractivity contribution in [1.29, 1.82) is 0 Å². The molecule has 2 heterocycles. The molecule has 0 fully saturated rings. The molecular weight excluding hydrogens is 310 g/mol. The van der Waals surface area contributed by atoms with Gasteiger partial charge < -0.3 is 4.74 Å². The summed E-state index contributed by atoms with van der Waals surface area (Å²) in [6, 6.07) is 0. The van der Waals surface area contributed by atoms with Gasteiger partial charge in [-0.05, 0) is 6.42 Å². The van der Waals surface area contributed by atoms with Crippen LogP contribution in [0.15, 0.2) is 12.7 Å². The van der Waals surface area contributed by atoms with E-state index in [-0.39, 0.29) is 18.5 Å². The highest BCUT2D eigenvalue weighted by molar-refractivity contribution is 5.82. The van der Waals surface area contributed by atoms with E-state index >= 15 is 0 Å². The Balaban J connectivity index is 1.71. The second kappa shape index (κ2) is 9.82. The summed E-state index contributed by atoms with van der Waals surface area (Å²) in [5.74, 6) is -0.00637. The molecule has 132 valence electrons. The molecule has 0 aliphatic carbocycles. The van der Waals surface area contributed by atoms with Crippen molar-refractivity contribution in [1.82, 2.24) is 19.5 Å². The molecule has 0 amide bonds. The van der Waals surface area contributed by atoms with E-state index in [0.717, 1.165) is 12.8 Å². The Hall–Kier alpha value is -2.22. The van der Waals surface area contributed by atoms with Gasteiger partial charge in [0, 0.05) is 6.42 Å². The van der Waals surface area contributed by atoms with Crippen molar-refractivity contribution < 1.29 is 14.7 Å². The highest BCUT2D eigenvalue weighted by Crippen LogP contribution is 2.16. The minimum atomic E-state index is -0.222. The zero-order chi connectivity index (χ0) is 17.2. The van der Waals surface area contributed by atoms with E-state index in [2.05, 4.69) is 21.9 Å². The lowest BCUT2D eigenvalue weighted by Gasteiger charge is -2.06. The Kier molecular flexibility index (Phi) is 7.41. The molecule has 0 aliphatic rings. The van der Waals surface area contributed by atoms with Crippen LogP contribution in [0.3, 0.4) is 0 Å². The number of hydrogen-bond acceptors (Lipinski definition) is 7. The average Bonchev–Trinajstić information content (AvgIpc) is 3.02. The number of hydrogen-bond donors (Lipinski definition) is 2. The van der Waals surface area contributed by atoms with Gasteiger partial charge in [-0.1, -0.05) is 45.4 Å². The minimum Gasteiger partial charge on any atom is -0.444 e. The Bertz CT molecular complexity index is 644. The third-order valence-electron chi connectivity index (χ3n) is 3.86. The van der Waals surface area contributed by atoms with E-state index in [1.165, 1.54) is 44.8 Å². The minimum absolute atomic E-state index is 0.0493. The van der Waals surface area contributed by atoms with Gasteiger partial charge in [0.15, 0.2) is 23.7 Å². The van der Waals surface area contributed by atoms with Crippen LogP contribution in [0.4, 0.5) is 5.82 Å². The maximum absolute atomic E-state index is 11.8. The first-order chi connectivity index (χ1) is 11.8. The topological polar surface area (TPSA) is 102 Å². The Labute approximate surface area is 141 Å². The highest BCUT2D eigenvalue weighted by atomic mass is 16.5. The number of imidazole rings is 1. The molecule has 0 unspecified atom stereocenters. The second-order valence-electron chi connectivity index (χ2n) is 5.74. The number of anilines is 1. The molecule has 0 radical (unpaired) electrons. The van der Waals surface area contributed by atoms with E-state index in [4.69, 9.17) is 9.94 Å². The summed E-state index contributed by atoms with van der Waals surface area (Å²) in [4.78, 5) is 23.8. The molecule has 2 N–H and O–H groups in total. The third kappa shape index (κ3) is 5.16. The molecular formula is C16H25N5O3. The van der Waals surface area contributed by atoms with Gasteiger partial charge in [-0.25, -0.2) is 15.0 Å². The fourth-order valence-corrected chi connectivity index (χ4v) is 2.50. The van der Waals surface area contributed by atoms with Crippen LogP contribution >= 0.6 is 0 Å². The van der Waals surface area contributed by atoms with Crippen molar-refractivity contribution in [2.24, 2.45) is 0 Å². The largest absolute Gasteiger partial charge is 0.444 e. The van der Waals surface area contributed by atoms with Gasteiger partial charge in [0.25, 0.3) is 0 Å². The quantitative estimate of drug-likeness (QED) is 0.369. The number of carbonyl (C=O) groups excluding carboxylic acids is 1. The van der Waals surface area contributed by atoms with E-state index in [0.29, 0.717) is 17.6 Å². The fourth-order valence-electron chi connectivity index (χ4n) is 2.50. The van der Waals surface area contributed by atoms with E-state index in [1.54, 1.807) is 4.57 Å². The molecule has 0 saturated carbocycles. The number of unbranched alkanes of at least 4 members (excludes halogenated alkanes) is 6. The lowest BCUT2D eigenvalue weighted by molar-refractivity contribution is -0.147. The Morgan fingerprint density at radius 3 is 2.67 bits per heavy atom. The molecule has 0 aromatic carbocycles. The van der Waals surface area contributed by atoms with Gasteiger partial charge in [0.2, 0.25) is 0 Å². The molecule has 24 heavy (non-hydrogen) atoms. The first-order valence-corrected chi connectivity index (χ1v) is 8.47. The van der Waals surface area contributed by atoms with Crippen LogP contribution in [0.5, 0.6) is 0 Å². The molecule has 8 heteroatoms. The smallest absolute Gasteiger partial charge is 0.307 e. The number of aromatic nitrogens is 4. The molecule has 0 saturated heterocycles. The zero-order valence-electron chi connectivity index (χ0n) is 14.1. The maximum Gasteiger partial charge on any atom is 0.307 e. The first-order valence-electron chi connectivity index (χ1n) is 8.47. The normalized spacial score (nSPS) is 10.9. The standard InChI is InChI=1S/C16H25N5O3/c1-2-3-4-5-6-7-8-9-13(22)24-12-21-11-19-14-15(20-23)17-10-18-16(14)21/h10-11,23H,2-9,12H2,1H3,(H,17,18,20). The summed E-state index contributed by atoms with van der Waals surface area (Å²) in [6.07, 6.45) is 11.4. The number of nitrogens with one attached hydrogen (secondary N) is 1. The zero-order valence-corrected chi connectivity index (χ0v) is 14.1. The number of nitrogens with zero attached hydrogens (tertiary/aromatic N) is 4. The Morgan fingerprint density at radius 1 is 1.17 bits per heavy atom. The van der Waals surface area contributed by atoms with E-state index in [1.807, 2.05) is 5.48 Å². The third-order valence-corrected chi connectivity index (χ3v) is 3.86. The number of ether oxygens (including phenoxy) is 1. The summed E-state index contributed by atoms with van der Waals surface area (Å²) in [6.45, 7) is 2.25. The van der Waals surface area contributed by atoms with Crippen LogP contribution in [0, 0.1) is 0 Å². The number of esters is 1. The van der Waals surface area contributed by atoms with Crippen LogP contribution in [-0.2, 0) is 16.3 Å². The van der Waals surface area contributed by atoms with Crippen LogP contribution in [-0.4, -0.2) is 30.7 Å². The summed E-state index contributed by atoms with van der Waals surface area (Å²) >= 11 is 0. The lowest BCUT2D eigenvalue weighted by Crippen LogP contribution is -2.09. The number of fused-ring (bicyclic) bond motifs is 1. The molecule has 8 nitrogen and oxygen atoms in total. The average molecular weight is 335 g/mol. The fraction of sp³-hybridized carbons (Fsp3) is 0.625. The molecule has 0 bridgehead atoms. The molecule has 0 aliphatic heterocycles. The summed E-state index contributed by atoms with van der Waals surface area (Å²) < 4.78 is 6.85. The van der Waals surface area contributed by atoms with Gasteiger partial charge in [0.1, 0.15) is 6.33 Å². The summed E-state index contributed by atoms with van der Waals surface area (Å²) in [7, 11) is 0. The molecule has 0 atom stereocenters. The van der Waals surface area contributed by atoms with Gasteiger partial charge in [-0.3, -0.25) is 20.0 Å². The SMILES string of the molecule is CCCCCCCCCC(=O)OCn1cnc2c(NO)ncnc21. The maximum atomic E-state index is 11.8. The van der Waals surface area contributed by atoms with Crippen molar-refractivity contribution in [2.45, 2.75) is 65.0 Å². The van der Waals surface area contributed by atoms with Crippen LogP contribution in [0.2, 0.25) is 0 Å². The van der Waals surface area contributed by atoms with Crippen molar-refractivity contribution >= 4 is 23.0 Å². The molecule has 2 aromatic heterocycles. The number of carbonyl (C=O) groups is 1. The van der Waals surface area contributed by atoms with Crippen molar-refractivity contribution in [3.63, 3.8) is 0 Å². The van der Waals surface area contributed by atoms with Crippen LogP contribution in [0.1, 0.15) is 58.3 Å². The highest BCUT2D eigenvalue weighted by Gasteiger charge is 2.10. The molecule has 2 rings (SSSR count). The summed E-state index contributed by atoms with van der Waals surface area (Å²) in [5.41, 5.74) is 2.88. The lowest BCUT2D eigenvalue weighted by atomic mass is 10.1. The van der Waals surface area contributed by atoms with E-state index < -0.39 is 0 Å². The predicted octanol–water partition coefficient (Wildman–Crippen LogP) is 3.27. The predicted molar refractivity (Wildman–Crippen MR) is 89.4 cm³/mol. The monoisotopic (exact) mass is 335 g/mol. The van der Waals surface area contributed by atoms with Crippen molar-refractivity contribution in [3.05, 3.63) is 12.7 Å². The van der Waals surface area contributed by atoms with Crippen LogP contribution in [0.25, 0.3) is 11.2 Å². The van der Waals surface area contributed by atoms with E-state index in [9.17, 15) is 4.79 Å². The van der Waals surface area contributed by atoms with Crippen molar-refractivity contribution in [2.75, 3.05) is 5.48 Å². The molecule has 0 spiro atoms. The Morgan fingerprint density at radius 2 is 1.92 bits per heavy atom. The van der Waals surface area contributed by atoms with Gasteiger partial charge in [-0.2, -0.15) is 0 Å². The van der Waals surface area contributed by atoms with Gasteiger partial charge >= 0.3 is 5.97 Å². The van der Waals surface area contributed by atoms with Crippen molar-refractivity contribution in [3.8, 4) is 0 Å². The van der Waals surface area contributed by atoms with Gasteiger partial charge in [-0.15, -0.1) is 0 Å². The first kappa shape index (κ1) is 18.1.